The summed E-state index contributed by atoms with van der Waals surface area (Å²) < 4.78 is 5.12. The average Bonchev–Trinajstić information content (AvgIpc) is 2.18. The topological polar surface area (TPSA) is 35.0 Å². The van der Waals surface area contributed by atoms with Crippen LogP contribution >= 0.6 is 11.6 Å². The number of nitrogens with zero attached hydrogens (tertiary/aromatic N) is 2. The van der Waals surface area contributed by atoms with Gasteiger partial charge in [0.1, 0.15) is 11.3 Å². The van der Waals surface area contributed by atoms with E-state index in [1.807, 2.05) is 18.2 Å². The van der Waals surface area contributed by atoms with E-state index in [2.05, 4.69) is 10.2 Å². The minimum absolute atomic E-state index is 0.587. The molecule has 2 aromatic rings. The van der Waals surface area contributed by atoms with E-state index in [1.165, 1.54) is 6.20 Å². The predicted octanol–water partition coefficient (Wildman–Crippen LogP) is 2.29. The molecule has 0 saturated heterocycles. The van der Waals surface area contributed by atoms with E-state index >= 15 is 0 Å². The summed E-state index contributed by atoms with van der Waals surface area (Å²) in [5.41, 5.74) is 0.692. The van der Waals surface area contributed by atoms with Gasteiger partial charge in [0, 0.05) is 5.39 Å². The Balaban J connectivity index is 2.84. The molecule has 0 saturated carbocycles. The number of ether oxygens (including phenoxy) is 1. The summed E-state index contributed by atoms with van der Waals surface area (Å²) in [6, 6.07) is 5.58. The van der Waals surface area contributed by atoms with Crippen molar-refractivity contribution in [1.82, 2.24) is 10.2 Å². The van der Waals surface area contributed by atoms with Crippen molar-refractivity contribution >= 4 is 22.5 Å². The molecule has 1 heterocycles. The monoisotopic (exact) mass is 194 g/mol. The maximum Gasteiger partial charge on any atom is 0.147 e. The van der Waals surface area contributed by atoms with E-state index in [1.54, 1.807) is 7.11 Å². The Morgan fingerprint density at radius 3 is 3.00 bits per heavy atom. The molecule has 0 N–H and O–H groups in total. The molecule has 0 atom stereocenters. The Bertz CT molecular complexity index is 445. The van der Waals surface area contributed by atoms with Crippen molar-refractivity contribution in [3.63, 3.8) is 0 Å². The van der Waals surface area contributed by atoms with Crippen LogP contribution in [-0.2, 0) is 0 Å². The lowest BCUT2D eigenvalue weighted by molar-refractivity contribution is 0.418. The van der Waals surface area contributed by atoms with Crippen LogP contribution in [0.4, 0.5) is 0 Å². The van der Waals surface area contributed by atoms with Crippen LogP contribution in [0.2, 0.25) is 5.02 Å². The Morgan fingerprint density at radius 1 is 1.38 bits per heavy atom. The first-order chi connectivity index (χ1) is 6.33. The molecular formula is C9H7ClN2O. The number of rotatable bonds is 1. The maximum absolute atomic E-state index is 5.93. The molecule has 0 unspecified atom stereocenters. The predicted molar refractivity (Wildman–Crippen MR) is 51.1 cm³/mol. The van der Waals surface area contributed by atoms with Crippen LogP contribution in [-0.4, -0.2) is 17.3 Å². The Morgan fingerprint density at radius 2 is 2.23 bits per heavy atom. The lowest BCUT2D eigenvalue weighted by atomic mass is 10.2. The van der Waals surface area contributed by atoms with Crippen molar-refractivity contribution in [2.75, 3.05) is 7.11 Å². The lowest BCUT2D eigenvalue weighted by Gasteiger charge is -2.03. The number of methoxy groups -OCH3 is 1. The molecule has 1 aromatic carbocycles. The first-order valence-corrected chi connectivity index (χ1v) is 4.14. The molecule has 4 heteroatoms. The van der Waals surface area contributed by atoms with Gasteiger partial charge in [-0.3, -0.25) is 0 Å². The third-order valence-electron chi connectivity index (χ3n) is 1.81. The first-order valence-electron chi connectivity index (χ1n) is 3.77. The van der Waals surface area contributed by atoms with Gasteiger partial charge in [-0.25, -0.2) is 0 Å². The van der Waals surface area contributed by atoms with Gasteiger partial charge in [0.25, 0.3) is 0 Å². The highest BCUT2D eigenvalue weighted by molar-refractivity contribution is 6.35. The quantitative estimate of drug-likeness (QED) is 0.699. The van der Waals surface area contributed by atoms with E-state index in [0.29, 0.717) is 16.3 Å². The highest BCUT2D eigenvalue weighted by Crippen LogP contribution is 2.27. The number of benzene rings is 1. The van der Waals surface area contributed by atoms with E-state index in [0.717, 1.165) is 5.39 Å². The van der Waals surface area contributed by atoms with Gasteiger partial charge in [-0.2, -0.15) is 5.10 Å². The molecule has 13 heavy (non-hydrogen) atoms. The second-order valence-electron chi connectivity index (χ2n) is 2.55. The van der Waals surface area contributed by atoms with Crippen molar-refractivity contribution in [1.29, 1.82) is 0 Å². The average molecular weight is 195 g/mol. The molecule has 2 rings (SSSR count). The summed E-state index contributed by atoms with van der Waals surface area (Å²) >= 11 is 5.93. The van der Waals surface area contributed by atoms with Crippen molar-refractivity contribution in [3.05, 3.63) is 29.4 Å². The molecule has 0 bridgehead atoms. The zero-order valence-corrected chi connectivity index (χ0v) is 7.75. The lowest BCUT2D eigenvalue weighted by Crippen LogP contribution is -1.89. The maximum atomic E-state index is 5.93. The van der Waals surface area contributed by atoms with Gasteiger partial charge in [0.05, 0.1) is 18.3 Å². The van der Waals surface area contributed by atoms with Crippen LogP contribution in [0.5, 0.6) is 5.75 Å². The smallest absolute Gasteiger partial charge is 0.147 e. The fourth-order valence-electron chi connectivity index (χ4n) is 1.19. The van der Waals surface area contributed by atoms with E-state index in [9.17, 15) is 0 Å². The summed E-state index contributed by atoms with van der Waals surface area (Å²) in [6.45, 7) is 0. The normalized spacial score (nSPS) is 10.3. The number of aromatic nitrogens is 2. The summed E-state index contributed by atoms with van der Waals surface area (Å²) in [7, 11) is 1.59. The first kappa shape index (κ1) is 8.26. The van der Waals surface area contributed by atoms with Crippen LogP contribution in [0.1, 0.15) is 0 Å². The molecule has 0 spiro atoms. The molecule has 0 amide bonds. The zero-order chi connectivity index (χ0) is 9.26. The van der Waals surface area contributed by atoms with Gasteiger partial charge in [0.15, 0.2) is 0 Å². The van der Waals surface area contributed by atoms with Gasteiger partial charge in [0.2, 0.25) is 0 Å². The Kier molecular flexibility index (Phi) is 2.02. The van der Waals surface area contributed by atoms with Gasteiger partial charge in [-0.1, -0.05) is 23.7 Å². The van der Waals surface area contributed by atoms with Crippen molar-refractivity contribution in [2.45, 2.75) is 0 Å². The minimum Gasteiger partial charge on any atom is -0.494 e. The second-order valence-corrected chi connectivity index (χ2v) is 2.96. The summed E-state index contributed by atoms with van der Waals surface area (Å²) in [5.74, 6) is 0.688. The Labute approximate surface area is 80.3 Å². The third-order valence-corrected chi connectivity index (χ3v) is 2.11. The number of hydrogen-bond acceptors (Lipinski definition) is 3. The van der Waals surface area contributed by atoms with E-state index in [4.69, 9.17) is 16.3 Å². The molecular weight excluding hydrogens is 188 g/mol. The molecule has 0 aliphatic carbocycles. The molecule has 0 radical (unpaired) electrons. The molecule has 66 valence electrons. The fourth-order valence-corrected chi connectivity index (χ4v) is 1.39. The van der Waals surface area contributed by atoms with Crippen molar-refractivity contribution < 1.29 is 4.74 Å². The minimum atomic E-state index is 0.587. The van der Waals surface area contributed by atoms with Crippen LogP contribution in [0.3, 0.4) is 0 Å². The zero-order valence-electron chi connectivity index (χ0n) is 6.99. The van der Waals surface area contributed by atoms with E-state index < -0.39 is 0 Å². The van der Waals surface area contributed by atoms with Crippen LogP contribution in [0.25, 0.3) is 10.9 Å². The molecule has 0 fully saturated rings. The number of hydrogen-bond donors (Lipinski definition) is 0. The standard InChI is InChI=1S/C9H7ClN2O/c1-13-8-4-2-3-6-7(10)5-11-12-9(6)8/h2-5H,1H3. The summed E-state index contributed by atoms with van der Waals surface area (Å²) in [4.78, 5) is 0. The van der Waals surface area contributed by atoms with Crippen LogP contribution in [0, 0.1) is 0 Å². The van der Waals surface area contributed by atoms with Gasteiger partial charge >= 0.3 is 0 Å². The highest BCUT2D eigenvalue weighted by Gasteiger charge is 2.04. The largest absolute Gasteiger partial charge is 0.494 e. The molecule has 1 aromatic heterocycles. The summed E-state index contributed by atoms with van der Waals surface area (Å²) in [6.07, 6.45) is 1.52. The molecule has 0 aliphatic rings. The summed E-state index contributed by atoms with van der Waals surface area (Å²) in [5, 5.41) is 9.16. The molecule has 3 nitrogen and oxygen atoms in total. The number of fused-ring (bicyclic) bond motifs is 1. The third kappa shape index (κ3) is 1.31. The van der Waals surface area contributed by atoms with Crippen LogP contribution < -0.4 is 4.74 Å². The highest BCUT2D eigenvalue weighted by atomic mass is 35.5. The fraction of sp³-hybridized carbons (Fsp3) is 0.111. The van der Waals surface area contributed by atoms with E-state index in [-0.39, 0.29) is 0 Å². The number of halogens is 1. The Hall–Kier alpha value is -1.35. The molecule has 0 aliphatic heterocycles. The SMILES string of the molecule is COc1cccc2c(Cl)cnnc12. The van der Waals surface area contributed by atoms with Crippen molar-refractivity contribution in [3.8, 4) is 5.75 Å². The van der Waals surface area contributed by atoms with Gasteiger partial charge in [-0.05, 0) is 6.07 Å². The van der Waals surface area contributed by atoms with Crippen molar-refractivity contribution in [2.24, 2.45) is 0 Å². The van der Waals surface area contributed by atoms with Gasteiger partial charge in [-0.15, -0.1) is 5.10 Å². The van der Waals surface area contributed by atoms with Crippen LogP contribution in [0.15, 0.2) is 24.4 Å². The second kappa shape index (κ2) is 3.18. The van der Waals surface area contributed by atoms with Gasteiger partial charge < -0.3 is 4.74 Å².